The first-order chi connectivity index (χ1) is 11.7. The number of hydrogen-bond donors (Lipinski definition) is 1. The van der Waals surface area contributed by atoms with Gasteiger partial charge in [0.05, 0.1) is 0 Å². The monoisotopic (exact) mass is 332 g/mol. The van der Waals surface area contributed by atoms with Crippen molar-refractivity contribution in [3.8, 4) is 5.75 Å². The maximum absolute atomic E-state index is 12.3. The number of hydrogen-bond acceptors (Lipinski definition) is 3. The largest absolute Gasteiger partial charge is 0.490 e. The molecule has 0 atom stereocenters. The zero-order chi connectivity index (χ0) is 16.8. The van der Waals surface area contributed by atoms with E-state index < -0.39 is 0 Å². The molecule has 5 nitrogen and oxygen atoms in total. The Bertz CT molecular complexity index is 535. The molecule has 0 saturated carbocycles. The zero-order valence-corrected chi connectivity index (χ0v) is 14.5. The fraction of sp³-hybridized carbons (Fsp3) is 0.632. The van der Waals surface area contributed by atoms with Crippen LogP contribution >= 0.6 is 0 Å². The second-order valence-corrected chi connectivity index (χ2v) is 6.64. The van der Waals surface area contributed by atoms with Crippen molar-refractivity contribution in [2.75, 3.05) is 26.3 Å². The van der Waals surface area contributed by atoms with Gasteiger partial charge in [-0.25, -0.2) is 4.79 Å². The lowest BCUT2D eigenvalue weighted by Crippen LogP contribution is -2.50. The average molecular weight is 332 g/mol. The summed E-state index contributed by atoms with van der Waals surface area (Å²) < 4.78 is 11.4. The Balaban J connectivity index is 1.44. The Morgan fingerprint density at radius 2 is 2.00 bits per heavy atom. The summed E-state index contributed by atoms with van der Waals surface area (Å²) in [5.74, 6) is 0.944. The smallest absolute Gasteiger partial charge is 0.317 e. The van der Waals surface area contributed by atoms with Crippen molar-refractivity contribution in [2.45, 2.75) is 51.2 Å². The molecule has 0 aromatic heterocycles. The second kappa shape index (κ2) is 8.38. The third-order valence-electron chi connectivity index (χ3n) is 4.89. The number of aryl methyl sites for hydroxylation is 1. The van der Waals surface area contributed by atoms with E-state index >= 15 is 0 Å². The quantitative estimate of drug-likeness (QED) is 0.922. The van der Waals surface area contributed by atoms with Gasteiger partial charge in [0.2, 0.25) is 0 Å². The first-order valence-electron chi connectivity index (χ1n) is 9.13. The molecule has 0 bridgehead atoms. The number of ether oxygens (including phenoxy) is 2. The molecule has 1 N–H and O–H groups in total. The predicted molar refractivity (Wildman–Crippen MR) is 93.4 cm³/mol. The molecule has 0 spiro atoms. The van der Waals surface area contributed by atoms with E-state index in [9.17, 15) is 4.79 Å². The van der Waals surface area contributed by atoms with Crippen molar-refractivity contribution in [3.63, 3.8) is 0 Å². The van der Waals surface area contributed by atoms with Gasteiger partial charge in [-0.15, -0.1) is 0 Å². The highest BCUT2D eigenvalue weighted by atomic mass is 16.5. The topological polar surface area (TPSA) is 50.8 Å². The Labute approximate surface area is 144 Å². The third kappa shape index (κ3) is 4.63. The lowest BCUT2D eigenvalue weighted by molar-refractivity contribution is 0.0747. The summed E-state index contributed by atoms with van der Waals surface area (Å²) >= 11 is 0. The molecular weight excluding hydrogens is 304 g/mol. The number of nitrogens with one attached hydrogen (secondary N) is 1. The molecule has 2 aliphatic rings. The van der Waals surface area contributed by atoms with Crippen LogP contribution in [0.1, 0.15) is 38.2 Å². The zero-order valence-electron chi connectivity index (χ0n) is 14.5. The van der Waals surface area contributed by atoms with Crippen molar-refractivity contribution in [3.05, 3.63) is 29.8 Å². The van der Waals surface area contributed by atoms with Crippen LogP contribution in [0.5, 0.6) is 5.75 Å². The molecule has 24 heavy (non-hydrogen) atoms. The van der Waals surface area contributed by atoms with Crippen LogP contribution in [0.25, 0.3) is 0 Å². The Hall–Kier alpha value is -1.75. The van der Waals surface area contributed by atoms with Crippen LogP contribution < -0.4 is 10.1 Å². The molecule has 2 fully saturated rings. The lowest BCUT2D eigenvalue weighted by atomic mass is 10.1. The molecule has 2 aliphatic heterocycles. The second-order valence-electron chi connectivity index (χ2n) is 6.64. The Morgan fingerprint density at radius 3 is 2.71 bits per heavy atom. The first-order valence-corrected chi connectivity index (χ1v) is 9.13. The van der Waals surface area contributed by atoms with Crippen LogP contribution in [0.4, 0.5) is 4.79 Å². The normalized spacial score (nSPS) is 20.0. The van der Waals surface area contributed by atoms with Gasteiger partial charge in [0, 0.05) is 45.2 Å². The van der Waals surface area contributed by atoms with E-state index in [0.29, 0.717) is 0 Å². The number of piperidine rings is 1. The molecule has 2 heterocycles. The van der Waals surface area contributed by atoms with E-state index in [1.807, 2.05) is 17.0 Å². The maximum Gasteiger partial charge on any atom is 0.317 e. The van der Waals surface area contributed by atoms with Crippen molar-refractivity contribution in [1.82, 2.24) is 10.2 Å². The van der Waals surface area contributed by atoms with E-state index in [-0.39, 0.29) is 18.2 Å². The summed E-state index contributed by atoms with van der Waals surface area (Å²) in [6.07, 6.45) is 4.82. The minimum absolute atomic E-state index is 0.0633. The Morgan fingerprint density at radius 1 is 1.25 bits per heavy atom. The summed E-state index contributed by atoms with van der Waals surface area (Å²) in [5, 5.41) is 3.13. The maximum atomic E-state index is 12.3. The van der Waals surface area contributed by atoms with Gasteiger partial charge in [-0.1, -0.05) is 19.1 Å². The number of amides is 2. The third-order valence-corrected chi connectivity index (χ3v) is 4.89. The van der Waals surface area contributed by atoms with E-state index in [1.165, 1.54) is 5.56 Å². The molecule has 2 saturated heterocycles. The van der Waals surface area contributed by atoms with Gasteiger partial charge in [0.15, 0.2) is 0 Å². The first kappa shape index (κ1) is 17.1. The SMILES string of the molecule is CCc1cccc(OC2CCN(C(=O)NC3CCOCC3)CC2)c1. The number of nitrogens with zero attached hydrogens (tertiary/aromatic N) is 1. The van der Waals surface area contributed by atoms with E-state index in [4.69, 9.17) is 9.47 Å². The highest BCUT2D eigenvalue weighted by molar-refractivity contribution is 5.74. The van der Waals surface area contributed by atoms with Gasteiger partial charge in [-0.05, 0) is 37.0 Å². The predicted octanol–water partition coefficient (Wildman–Crippen LogP) is 2.98. The molecule has 3 rings (SSSR count). The van der Waals surface area contributed by atoms with Gasteiger partial charge < -0.3 is 19.7 Å². The molecule has 0 radical (unpaired) electrons. The van der Waals surface area contributed by atoms with Gasteiger partial charge in [-0.3, -0.25) is 0 Å². The van der Waals surface area contributed by atoms with Crippen LogP contribution in [0, 0.1) is 0 Å². The number of likely N-dealkylation sites (tertiary alicyclic amines) is 1. The summed E-state index contributed by atoms with van der Waals surface area (Å²) in [5.41, 5.74) is 1.29. The molecule has 0 unspecified atom stereocenters. The minimum Gasteiger partial charge on any atom is -0.490 e. The molecule has 5 heteroatoms. The highest BCUT2D eigenvalue weighted by Gasteiger charge is 2.26. The van der Waals surface area contributed by atoms with E-state index in [0.717, 1.165) is 64.2 Å². The molecular formula is C19H28N2O3. The molecule has 132 valence electrons. The summed E-state index contributed by atoms with van der Waals surface area (Å²) in [7, 11) is 0. The molecule has 1 aromatic rings. The fourth-order valence-electron chi connectivity index (χ4n) is 3.32. The van der Waals surface area contributed by atoms with Gasteiger partial charge >= 0.3 is 6.03 Å². The number of urea groups is 1. The molecule has 1 aromatic carbocycles. The number of benzene rings is 1. The number of carbonyl (C=O) groups excluding carboxylic acids is 1. The Kier molecular flexibility index (Phi) is 5.96. The number of carbonyl (C=O) groups is 1. The number of rotatable bonds is 4. The summed E-state index contributed by atoms with van der Waals surface area (Å²) in [4.78, 5) is 14.3. The highest BCUT2D eigenvalue weighted by Crippen LogP contribution is 2.20. The van der Waals surface area contributed by atoms with Crippen LogP contribution in [0.2, 0.25) is 0 Å². The standard InChI is InChI=1S/C19H28N2O3/c1-2-15-4-3-5-18(14-15)24-17-6-10-21(11-7-17)19(22)20-16-8-12-23-13-9-16/h3-5,14,16-17H,2,6-13H2,1H3,(H,20,22). The van der Waals surface area contributed by atoms with Crippen LogP contribution in [-0.2, 0) is 11.2 Å². The van der Waals surface area contributed by atoms with Crippen molar-refractivity contribution in [1.29, 1.82) is 0 Å². The molecule has 0 aliphatic carbocycles. The van der Waals surface area contributed by atoms with Crippen LogP contribution in [-0.4, -0.2) is 49.4 Å². The van der Waals surface area contributed by atoms with Gasteiger partial charge in [-0.2, -0.15) is 0 Å². The van der Waals surface area contributed by atoms with Crippen molar-refractivity contribution >= 4 is 6.03 Å². The van der Waals surface area contributed by atoms with Crippen molar-refractivity contribution in [2.24, 2.45) is 0 Å². The van der Waals surface area contributed by atoms with E-state index in [1.54, 1.807) is 0 Å². The van der Waals surface area contributed by atoms with Crippen LogP contribution in [0.15, 0.2) is 24.3 Å². The van der Waals surface area contributed by atoms with Crippen molar-refractivity contribution < 1.29 is 14.3 Å². The fourth-order valence-corrected chi connectivity index (χ4v) is 3.32. The van der Waals surface area contributed by atoms with Gasteiger partial charge in [0.25, 0.3) is 0 Å². The summed E-state index contributed by atoms with van der Waals surface area (Å²) in [6, 6.07) is 8.62. The average Bonchev–Trinajstić information content (AvgIpc) is 2.63. The minimum atomic E-state index is 0.0633. The van der Waals surface area contributed by atoms with E-state index in [2.05, 4.69) is 24.4 Å². The lowest BCUT2D eigenvalue weighted by Gasteiger charge is -2.34. The molecule has 2 amide bonds. The summed E-state index contributed by atoms with van der Waals surface area (Å²) in [6.45, 7) is 5.16. The van der Waals surface area contributed by atoms with Crippen LogP contribution in [0.3, 0.4) is 0 Å². The van der Waals surface area contributed by atoms with Gasteiger partial charge in [0.1, 0.15) is 11.9 Å².